The van der Waals surface area contributed by atoms with Gasteiger partial charge in [-0.15, -0.1) is 5.10 Å². The standard InChI is InChI=1S/C17H14FN3O2/c18-15-8-6-13(7-9-15)10-21-11-16(19-20-21)12-23-17(22)14-4-2-1-3-5-14/h1-9,11H,10,12H2. The van der Waals surface area contributed by atoms with Crippen molar-refractivity contribution >= 4 is 5.97 Å². The Labute approximate surface area is 132 Å². The molecule has 1 heterocycles. The number of carbonyl (C=O) groups is 1. The molecule has 1 aromatic heterocycles. The van der Waals surface area contributed by atoms with Crippen LogP contribution in [-0.2, 0) is 17.9 Å². The molecule has 0 saturated carbocycles. The summed E-state index contributed by atoms with van der Waals surface area (Å²) in [6.07, 6.45) is 1.70. The third-order valence-corrected chi connectivity index (χ3v) is 3.20. The highest BCUT2D eigenvalue weighted by Crippen LogP contribution is 2.07. The van der Waals surface area contributed by atoms with Crippen LogP contribution in [0.15, 0.2) is 60.8 Å². The molecule has 3 aromatic rings. The van der Waals surface area contributed by atoms with Crippen LogP contribution in [0.3, 0.4) is 0 Å². The molecule has 0 aliphatic rings. The van der Waals surface area contributed by atoms with E-state index in [1.54, 1.807) is 47.3 Å². The van der Waals surface area contributed by atoms with Gasteiger partial charge in [0.15, 0.2) is 0 Å². The zero-order valence-corrected chi connectivity index (χ0v) is 12.2. The number of hydrogen-bond acceptors (Lipinski definition) is 4. The summed E-state index contributed by atoms with van der Waals surface area (Å²) < 4.78 is 19.7. The summed E-state index contributed by atoms with van der Waals surface area (Å²) in [5.74, 6) is -0.681. The van der Waals surface area contributed by atoms with E-state index in [0.717, 1.165) is 5.56 Å². The van der Waals surface area contributed by atoms with Gasteiger partial charge in [0.1, 0.15) is 18.1 Å². The average molecular weight is 311 g/mol. The molecule has 6 heteroatoms. The molecular formula is C17H14FN3O2. The van der Waals surface area contributed by atoms with E-state index in [-0.39, 0.29) is 12.4 Å². The Hall–Kier alpha value is -3.02. The van der Waals surface area contributed by atoms with E-state index in [1.807, 2.05) is 6.07 Å². The number of benzene rings is 2. The van der Waals surface area contributed by atoms with Gasteiger partial charge in [0.25, 0.3) is 0 Å². The third-order valence-electron chi connectivity index (χ3n) is 3.20. The quantitative estimate of drug-likeness (QED) is 0.680. The van der Waals surface area contributed by atoms with Crippen LogP contribution >= 0.6 is 0 Å². The summed E-state index contributed by atoms with van der Waals surface area (Å²) in [5, 5.41) is 7.92. The average Bonchev–Trinajstić information content (AvgIpc) is 3.03. The van der Waals surface area contributed by atoms with Gasteiger partial charge in [0, 0.05) is 0 Å². The van der Waals surface area contributed by atoms with Crippen molar-refractivity contribution in [3.8, 4) is 0 Å². The van der Waals surface area contributed by atoms with Gasteiger partial charge < -0.3 is 4.74 Å². The number of esters is 1. The normalized spacial score (nSPS) is 10.5. The molecule has 0 N–H and O–H groups in total. The predicted molar refractivity (Wildman–Crippen MR) is 81.1 cm³/mol. The van der Waals surface area contributed by atoms with Crippen molar-refractivity contribution in [1.29, 1.82) is 0 Å². The molecule has 0 atom stereocenters. The molecule has 0 bridgehead atoms. The Kier molecular flexibility index (Phi) is 4.42. The fourth-order valence-electron chi connectivity index (χ4n) is 2.06. The number of aromatic nitrogens is 3. The fraction of sp³-hybridized carbons (Fsp3) is 0.118. The van der Waals surface area contributed by atoms with Crippen molar-refractivity contribution in [3.63, 3.8) is 0 Å². The first-order valence-corrected chi connectivity index (χ1v) is 7.06. The second-order valence-corrected chi connectivity index (χ2v) is 4.98. The first kappa shape index (κ1) is 14.9. The largest absolute Gasteiger partial charge is 0.455 e. The Balaban J connectivity index is 1.57. The van der Waals surface area contributed by atoms with Gasteiger partial charge in [-0.2, -0.15) is 0 Å². The third kappa shape index (κ3) is 4.00. The van der Waals surface area contributed by atoms with Gasteiger partial charge in [0.05, 0.1) is 18.3 Å². The number of rotatable bonds is 5. The molecular weight excluding hydrogens is 297 g/mol. The molecule has 0 unspecified atom stereocenters. The lowest BCUT2D eigenvalue weighted by Crippen LogP contribution is -2.05. The first-order chi connectivity index (χ1) is 11.2. The predicted octanol–water partition coefficient (Wildman–Crippen LogP) is 2.82. The minimum absolute atomic E-state index is 0.0527. The van der Waals surface area contributed by atoms with E-state index < -0.39 is 5.97 Å². The maximum atomic E-state index is 12.9. The van der Waals surface area contributed by atoms with E-state index in [9.17, 15) is 9.18 Å². The SMILES string of the molecule is O=C(OCc1cn(Cc2ccc(F)cc2)nn1)c1ccccc1. The summed E-state index contributed by atoms with van der Waals surface area (Å²) in [6.45, 7) is 0.525. The zero-order valence-electron chi connectivity index (χ0n) is 12.2. The summed E-state index contributed by atoms with van der Waals surface area (Å²) in [5.41, 5.74) is 1.95. The molecule has 0 saturated heterocycles. The number of hydrogen-bond donors (Lipinski definition) is 0. The van der Waals surface area contributed by atoms with Crippen molar-refractivity contribution < 1.29 is 13.9 Å². The Morgan fingerprint density at radius 1 is 1.09 bits per heavy atom. The Morgan fingerprint density at radius 2 is 1.83 bits per heavy atom. The number of carbonyl (C=O) groups excluding carboxylic acids is 1. The number of ether oxygens (including phenoxy) is 1. The van der Waals surface area contributed by atoms with E-state index >= 15 is 0 Å². The van der Waals surface area contributed by atoms with Crippen molar-refractivity contribution in [2.75, 3.05) is 0 Å². The van der Waals surface area contributed by atoms with Crippen molar-refractivity contribution in [3.05, 3.63) is 83.4 Å². The molecule has 5 nitrogen and oxygen atoms in total. The zero-order chi connectivity index (χ0) is 16.1. The molecule has 23 heavy (non-hydrogen) atoms. The molecule has 0 fully saturated rings. The van der Waals surface area contributed by atoms with Gasteiger partial charge in [0.2, 0.25) is 0 Å². The van der Waals surface area contributed by atoms with Crippen LogP contribution < -0.4 is 0 Å². The highest BCUT2D eigenvalue weighted by atomic mass is 19.1. The molecule has 0 spiro atoms. The molecule has 116 valence electrons. The monoisotopic (exact) mass is 311 g/mol. The summed E-state index contributed by atoms with van der Waals surface area (Å²) >= 11 is 0. The number of nitrogens with zero attached hydrogens (tertiary/aromatic N) is 3. The maximum Gasteiger partial charge on any atom is 0.338 e. The van der Waals surface area contributed by atoms with E-state index in [2.05, 4.69) is 10.3 Å². The summed E-state index contributed by atoms with van der Waals surface area (Å²) in [4.78, 5) is 11.8. The molecule has 0 aliphatic carbocycles. The minimum atomic E-state index is -0.404. The van der Waals surface area contributed by atoms with Crippen molar-refractivity contribution in [1.82, 2.24) is 15.0 Å². The topological polar surface area (TPSA) is 57.0 Å². The van der Waals surface area contributed by atoms with E-state index in [1.165, 1.54) is 12.1 Å². The van der Waals surface area contributed by atoms with E-state index in [0.29, 0.717) is 17.8 Å². The van der Waals surface area contributed by atoms with Crippen molar-refractivity contribution in [2.45, 2.75) is 13.2 Å². The molecule has 2 aromatic carbocycles. The Bertz CT molecular complexity index is 785. The highest BCUT2D eigenvalue weighted by molar-refractivity contribution is 5.89. The lowest BCUT2D eigenvalue weighted by Gasteiger charge is -2.02. The van der Waals surface area contributed by atoms with Gasteiger partial charge in [-0.3, -0.25) is 0 Å². The van der Waals surface area contributed by atoms with Crippen LogP contribution in [0.2, 0.25) is 0 Å². The highest BCUT2D eigenvalue weighted by Gasteiger charge is 2.08. The lowest BCUT2D eigenvalue weighted by atomic mass is 10.2. The molecule has 0 amide bonds. The summed E-state index contributed by atoms with van der Waals surface area (Å²) in [7, 11) is 0. The second kappa shape index (κ2) is 6.83. The fourth-order valence-corrected chi connectivity index (χ4v) is 2.06. The first-order valence-electron chi connectivity index (χ1n) is 7.06. The smallest absolute Gasteiger partial charge is 0.338 e. The van der Waals surface area contributed by atoms with E-state index in [4.69, 9.17) is 4.74 Å². The van der Waals surface area contributed by atoms with Gasteiger partial charge in [-0.05, 0) is 29.8 Å². The molecule has 0 aliphatic heterocycles. The minimum Gasteiger partial charge on any atom is -0.455 e. The molecule has 3 rings (SSSR count). The van der Waals surface area contributed by atoms with Crippen LogP contribution in [0.25, 0.3) is 0 Å². The van der Waals surface area contributed by atoms with Crippen LogP contribution in [0.4, 0.5) is 4.39 Å². The summed E-state index contributed by atoms with van der Waals surface area (Å²) in [6, 6.07) is 14.9. The van der Waals surface area contributed by atoms with Gasteiger partial charge >= 0.3 is 5.97 Å². The van der Waals surface area contributed by atoms with Gasteiger partial charge in [-0.25, -0.2) is 13.9 Å². The van der Waals surface area contributed by atoms with Crippen molar-refractivity contribution in [2.24, 2.45) is 0 Å². The van der Waals surface area contributed by atoms with Crippen LogP contribution in [0.1, 0.15) is 21.6 Å². The molecule has 0 radical (unpaired) electrons. The van der Waals surface area contributed by atoms with Gasteiger partial charge in [-0.1, -0.05) is 35.5 Å². The maximum absolute atomic E-state index is 12.9. The lowest BCUT2D eigenvalue weighted by molar-refractivity contribution is 0.0467. The van der Waals surface area contributed by atoms with Crippen LogP contribution in [-0.4, -0.2) is 21.0 Å². The Morgan fingerprint density at radius 3 is 2.57 bits per heavy atom. The second-order valence-electron chi connectivity index (χ2n) is 4.98. The van der Waals surface area contributed by atoms with Crippen LogP contribution in [0, 0.1) is 5.82 Å². The number of halogens is 1. The van der Waals surface area contributed by atoms with Crippen LogP contribution in [0.5, 0.6) is 0 Å².